The quantitative estimate of drug-likeness (QED) is 0.332. The molecule has 0 fully saturated rings. The molecule has 0 bridgehead atoms. The Kier molecular flexibility index (Phi) is 6.29. The molecule has 0 amide bonds. The van der Waals surface area contributed by atoms with Gasteiger partial charge in [0.1, 0.15) is 17.9 Å². The molecule has 2 heterocycles. The van der Waals surface area contributed by atoms with E-state index >= 15 is 0 Å². The van der Waals surface area contributed by atoms with E-state index in [0.717, 1.165) is 33.9 Å². The maximum Gasteiger partial charge on any atom is 0.166 e. The molecule has 0 aliphatic heterocycles. The van der Waals surface area contributed by atoms with Crippen LogP contribution in [0.4, 0.5) is 5.82 Å². The van der Waals surface area contributed by atoms with Crippen LogP contribution < -0.4 is 10.1 Å². The van der Waals surface area contributed by atoms with Crippen LogP contribution >= 0.6 is 0 Å². The zero-order valence-electron chi connectivity index (χ0n) is 18.9. The number of rotatable bonds is 8. The van der Waals surface area contributed by atoms with E-state index in [1.807, 2.05) is 66.7 Å². The first-order valence-corrected chi connectivity index (χ1v) is 11.2. The number of imidazole rings is 1. The van der Waals surface area contributed by atoms with Gasteiger partial charge in [0.15, 0.2) is 17.0 Å². The smallest absolute Gasteiger partial charge is 0.166 e. The van der Waals surface area contributed by atoms with E-state index < -0.39 is 0 Å². The fraction of sp³-hybridized carbons (Fsp3) is 0.107. The van der Waals surface area contributed by atoms with Gasteiger partial charge in [-0.2, -0.15) is 0 Å². The molecule has 0 aliphatic carbocycles. The van der Waals surface area contributed by atoms with Crippen molar-refractivity contribution in [2.75, 3.05) is 12.4 Å². The average Bonchev–Trinajstić information content (AvgIpc) is 3.25. The Morgan fingerprint density at radius 2 is 1.56 bits per heavy atom. The second kappa shape index (κ2) is 10.0. The molecule has 1 N–H and O–H groups in total. The average molecular weight is 448 g/mol. The second-order valence-electron chi connectivity index (χ2n) is 7.88. The summed E-state index contributed by atoms with van der Waals surface area (Å²) in [5, 5.41) is 3.43. The summed E-state index contributed by atoms with van der Waals surface area (Å²) in [7, 11) is 1.67. The number of anilines is 1. The molecule has 5 aromatic rings. The van der Waals surface area contributed by atoms with Gasteiger partial charge >= 0.3 is 0 Å². The lowest BCUT2D eigenvalue weighted by molar-refractivity contribution is 0.414. The SMILES string of the molecule is COc1ccc(CNc2ncnc3c2nc(/C=C/c2ccccc2)n3Cc2ccccc2)cc1. The van der Waals surface area contributed by atoms with E-state index in [0.29, 0.717) is 18.9 Å². The lowest BCUT2D eigenvalue weighted by atomic mass is 10.2. The first-order chi connectivity index (χ1) is 16.8. The Balaban J connectivity index is 1.50. The molecule has 2 aromatic heterocycles. The van der Waals surface area contributed by atoms with Crippen molar-refractivity contribution in [1.29, 1.82) is 0 Å². The predicted octanol–water partition coefficient (Wildman–Crippen LogP) is 5.67. The zero-order valence-corrected chi connectivity index (χ0v) is 18.9. The lowest BCUT2D eigenvalue weighted by Gasteiger charge is -2.08. The van der Waals surface area contributed by atoms with Gasteiger partial charge in [-0.1, -0.05) is 78.9 Å². The molecular formula is C28H25N5O. The highest BCUT2D eigenvalue weighted by Gasteiger charge is 2.15. The number of hydrogen-bond donors (Lipinski definition) is 1. The number of nitrogens with one attached hydrogen (secondary N) is 1. The van der Waals surface area contributed by atoms with Crippen molar-refractivity contribution in [2.45, 2.75) is 13.1 Å². The number of nitrogens with zero attached hydrogens (tertiary/aromatic N) is 4. The normalized spacial score (nSPS) is 11.2. The van der Waals surface area contributed by atoms with Gasteiger partial charge in [0.2, 0.25) is 0 Å². The van der Waals surface area contributed by atoms with Gasteiger partial charge < -0.3 is 14.6 Å². The molecule has 0 radical (unpaired) electrons. The molecule has 0 aliphatic rings. The molecule has 0 unspecified atom stereocenters. The zero-order chi connectivity index (χ0) is 23.2. The van der Waals surface area contributed by atoms with Crippen molar-refractivity contribution in [3.8, 4) is 5.75 Å². The minimum absolute atomic E-state index is 0.622. The van der Waals surface area contributed by atoms with E-state index in [1.54, 1.807) is 13.4 Å². The Morgan fingerprint density at radius 3 is 2.29 bits per heavy atom. The molecule has 0 saturated heterocycles. The van der Waals surface area contributed by atoms with Crippen molar-refractivity contribution >= 4 is 29.1 Å². The van der Waals surface area contributed by atoms with Crippen LogP contribution in [0.25, 0.3) is 23.3 Å². The lowest BCUT2D eigenvalue weighted by Crippen LogP contribution is -2.05. The predicted molar refractivity (Wildman–Crippen MR) is 137 cm³/mol. The fourth-order valence-corrected chi connectivity index (χ4v) is 3.80. The Bertz CT molecular complexity index is 1390. The molecule has 168 valence electrons. The van der Waals surface area contributed by atoms with Gasteiger partial charge in [-0.15, -0.1) is 0 Å². The van der Waals surface area contributed by atoms with Crippen LogP contribution in [0, 0.1) is 0 Å². The molecule has 0 saturated carbocycles. The summed E-state index contributed by atoms with van der Waals surface area (Å²) in [6.45, 7) is 1.29. The summed E-state index contributed by atoms with van der Waals surface area (Å²) in [6, 6.07) is 28.5. The van der Waals surface area contributed by atoms with Crippen molar-refractivity contribution in [1.82, 2.24) is 19.5 Å². The van der Waals surface area contributed by atoms with Gasteiger partial charge in [-0.05, 0) is 34.9 Å². The summed E-state index contributed by atoms with van der Waals surface area (Å²) in [5.74, 6) is 2.38. The first kappa shape index (κ1) is 21.4. The molecule has 5 rings (SSSR count). The number of methoxy groups -OCH3 is 1. The highest BCUT2D eigenvalue weighted by Crippen LogP contribution is 2.23. The Hall–Kier alpha value is -4.45. The van der Waals surface area contributed by atoms with E-state index in [9.17, 15) is 0 Å². The van der Waals surface area contributed by atoms with Crippen molar-refractivity contribution < 1.29 is 4.74 Å². The van der Waals surface area contributed by atoms with E-state index in [-0.39, 0.29) is 0 Å². The van der Waals surface area contributed by atoms with E-state index in [1.165, 1.54) is 5.56 Å². The number of benzene rings is 3. The maximum atomic E-state index is 5.25. The largest absolute Gasteiger partial charge is 0.497 e. The van der Waals surface area contributed by atoms with Crippen molar-refractivity contribution in [3.63, 3.8) is 0 Å². The topological polar surface area (TPSA) is 64.9 Å². The van der Waals surface area contributed by atoms with Crippen LogP contribution in [0.3, 0.4) is 0 Å². The minimum Gasteiger partial charge on any atom is -0.497 e. The molecule has 34 heavy (non-hydrogen) atoms. The number of aromatic nitrogens is 4. The van der Waals surface area contributed by atoms with Crippen LogP contribution in [-0.2, 0) is 13.1 Å². The van der Waals surface area contributed by atoms with Gasteiger partial charge in [0, 0.05) is 6.54 Å². The third kappa shape index (κ3) is 4.81. The van der Waals surface area contributed by atoms with Gasteiger partial charge in [-0.3, -0.25) is 0 Å². The molecule has 6 heteroatoms. The molecule has 6 nitrogen and oxygen atoms in total. The first-order valence-electron chi connectivity index (χ1n) is 11.2. The molecule has 0 atom stereocenters. The summed E-state index contributed by atoms with van der Waals surface area (Å²) >= 11 is 0. The van der Waals surface area contributed by atoms with Crippen LogP contribution in [0.1, 0.15) is 22.5 Å². The molecule has 0 spiro atoms. The van der Waals surface area contributed by atoms with Crippen LogP contribution in [0.5, 0.6) is 5.75 Å². The standard InChI is InChI=1S/C28H25N5O/c1-34-24-15-12-22(13-16-24)18-29-27-26-28(31-20-30-27)33(19-23-10-6-3-7-11-23)25(32-26)17-14-21-8-4-2-5-9-21/h2-17,20H,18-19H2,1H3,(H,29,30,31)/b17-14+. The Labute approximate surface area is 198 Å². The number of hydrogen-bond acceptors (Lipinski definition) is 5. The molecular weight excluding hydrogens is 422 g/mol. The monoisotopic (exact) mass is 447 g/mol. The van der Waals surface area contributed by atoms with Gasteiger partial charge in [0.05, 0.1) is 13.7 Å². The summed E-state index contributed by atoms with van der Waals surface area (Å²) in [5.41, 5.74) is 4.97. The van der Waals surface area contributed by atoms with Gasteiger partial charge in [-0.25, -0.2) is 15.0 Å². The summed E-state index contributed by atoms with van der Waals surface area (Å²) in [4.78, 5) is 14.0. The summed E-state index contributed by atoms with van der Waals surface area (Å²) < 4.78 is 7.38. The van der Waals surface area contributed by atoms with Crippen LogP contribution in [0.15, 0.2) is 91.3 Å². The van der Waals surface area contributed by atoms with Crippen LogP contribution in [-0.4, -0.2) is 26.6 Å². The number of fused-ring (bicyclic) bond motifs is 1. The fourth-order valence-electron chi connectivity index (χ4n) is 3.80. The highest BCUT2D eigenvalue weighted by molar-refractivity contribution is 5.85. The third-order valence-electron chi connectivity index (χ3n) is 5.59. The van der Waals surface area contributed by atoms with Crippen molar-refractivity contribution in [2.24, 2.45) is 0 Å². The number of ether oxygens (including phenoxy) is 1. The third-order valence-corrected chi connectivity index (χ3v) is 5.59. The Morgan fingerprint density at radius 1 is 0.824 bits per heavy atom. The summed E-state index contributed by atoms with van der Waals surface area (Å²) in [6.07, 6.45) is 5.69. The maximum absolute atomic E-state index is 5.25. The van der Waals surface area contributed by atoms with E-state index in [4.69, 9.17) is 9.72 Å². The highest BCUT2D eigenvalue weighted by atomic mass is 16.5. The van der Waals surface area contributed by atoms with Gasteiger partial charge in [0.25, 0.3) is 0 Å². The molecule has 3 aromatic carbocycles. The second-order valence-corrected chi connectivity index (χ2v) is 7.88. The van der Waals surface area contributed by atoms with E-state index in [2.05, 4.69) is 50.2 Å². The van der Waals surface area contributed by atoms with Crippen LogP contribution in [0.2, 0.25) is 0 Å². The van der Waals surface area contributed by atoms with Crippen molar-refractivity contribution in [3.05, 3.63) is 114 Å². The minimum atomic E-state index is 0.622.